The third-order valence-corrected chi connectivity index (χ3v) is 3.98. The van der Waals surface area contributed by atoms with Crippen LogP contribution >= 0.6 is 0 Å². The van der Waals surface area contributed by atoms with Crippen LogP contribution in [0, 0.1) is 0 Å². The number of isocyanates is 1. The van der Waals surface area contributed by atoms with Gasteiger partial charge in [0.15, 0.2) is 0 Å². The van der Waals surface area contributed by atoms with Crippen LogP contribution in [0.1, 0.15) is 36.8 Å². The minimum absolute atomic E-state index is 0.0567. The zero-order chi connectivity index (χ0) is 12.6. The zero-order valence-corrected chi connectivity index (χ0v) is 10.0. The Morgan fingerprint density at radius 3 is 2.78 bits per heavy atom. The second-order valence-electron chi connectivity index (χ2n) is 5.01. The van der Waals surface area contributed by atoms with Crippen molar-refractivity contribution in [1.82, 2.24) is 0 Å². The van der Waals surface area contributed by atoms with Crippen molar-refractivity contribution in [3.8, 4) is 0 Å². The lowest BCUT2D eigenvalue weighted by atomic mass is 9.72. The Labute approximate surface area is 105 Å². The SMILES string of the molecule is O=C=NC1(c2ccc3c(c2)NC(=O)CC3)CCC1. The summed E-state index contributed by atoms with van der Waals surface area (Å²) in [5, 5.41) is 2.88. The van der Waals surface area contributed by atoms with E-state index in [4.69, 9.17) is 0 Å². The molecule has 1 aliphatic carbocycles. The normalized spacial score (nSPS) is 20.1. The van der Waals surface area contributed by atoms with Crippen molar-refractivity contribution in [2.45, 2.75) is 37.6 Å². The largest absolute Gasteiger partial charge is 0.326 e. The Bertz CT molecular complexity index is 555. The molecule has 0 bridgehead atoms. The molecule has 1 fully saturated rings. The molecule has 2 aliphatic rings. The van der Waals surface area contributed by atoms with Gasteiger partial charge in [0.1, 0.15) is 0 Å². The van der Waals surface area contributed by atoms with Crippen LogP contribution in [0.2, 0.25) is 0 Å². The average molecular weight is 242 g/mol. The van der Waals surface area contributed by atoms with Gasteiger partial charge < -0.3 is 5.32 Å². The van der Waals surface area contributed by atoms with E-state index in [1.54, 1.807) is 6.08 Å². The van der Waals surface area contributed by atoms with Gasteiger partial charge in [-0.15, -0.1) is 0 Å². The molecule has 1 amide bonds. The monoisotopic (exact) mass is 242 g/mol. The van der Waals surface area contributed by atoms with E-state index in [9.17, 15) is 9.59 Å². The fourth-order valence-electron chi connectivity index (χ4n) is 2.73. The van der Waals surface area contributed by atoms with E-state index < -0.39 is 0 Å². The van der Waals surface area contributed by atoms with Crippen LogP contribution in [-0.4, -0.2) is 12.0 Å². The van der Waals surface area contributed by atoms with Crippen LogP contribution in [0.25, 0.3) is 0 Å². The number of hydrogen-bond acceptors (Lipinski definition) is 3. The first-order valence-electron chi connectivity index (χ1n) is 6.26. The number of amides is 1. The molecule has 4 nitrogen and oxygen atoms in total. The molecule has 1 aliphatic heterocycles. The van der Waals surface area contributed by atoms with Gasteiger partial charge in [0.25, 0.3) is 0 Å². The molecule has 3 rings (SSSR count). The minimum Gasteiger partial charge on any atom is -0.326 e. The maximum Gasteiger partial charge on any atom is 0.235 e. The predicted molar refractivity (Wildman–Crippen MR) is 67.0 cm³/mol. The second kappa shape index (κ2) is 4.07. The fourth-order valence-corrected chi connectivity index (χ4v) is 2.73. The predicted octanol–water partition coefficient (Wildman–Crippen LogP) is 2.29. The molecule has 1 aromatic rings. The van der Waals surface area contributed by atoms with E-state index in [1.165, 1.54) is 0 Å². The Morgan fingerprint density at radius 2 is 2.11 bits per heavy atom. The standard InChI is InChI=1S/C14H14N2O2/c17-9-15-14(6-1-7-14)11-4-2-10-3-5-13(18)16-12(10)8-11/h2,4,8H,1,3,5-7H2,(H,16,18). The highest BCUT2D eigenvalue weighted by Gasteiger charge is 2.39. The molecule has 1 aromatic carbocycles. The van der Waals surface area contributed by atoms with E-state index in [1.807, 2.05) is 18.2 Å². The summed E-state index contributed by atoms with van der Waals surface area (Å²) in [7, 11) is 0. The molecular formula is C14H14N2O2. The summed E-state index contributed by atoms with van der Waals surface area (Å²) in [6.07, 6.45) is 5.86. The van der Waals surface area contributed by atoms with Gasteiger partial charge in [0.05, 0.1) is 5.54 Å². The van der Waals surface area contributed by atoms with Crippen molar-refractivity contribution in [3.05, 3.63) is 29.3 Å². The summed E-state index contributed by atoms with van der Waals surface area (Å²) < 4.78 is 0. The summed E-state index contributed by atoms with van der Waals surface area (Å²) in [5.74, 6) is 0.0567. The summed E-state index contributed by atoms with van der Waals surface area (Å²) in [5.41, 5.74) is 2.65. The van der Waals surface area contributed by atoms with E-state index >= 15 is 0 Å². The molecule has 0 aromatic heterocycles. The molecule has 0 unspecified atom stereocenters. The maximum absolute atomic E-state index is 11.4. The Morgan fingerprint density at radius 1 is 1.28 bits per heavy atom. The van der Waals surface area contributed by atoms with E-state index in [0.717, 1.165) is 42.5 Å². The highest BCUT2D eigenvalue weighted by Crippen LogP contribution is 2.45. The zero-order valence-electron chi connectivity index (χ0n) is 10.0. The van der Waals surface area contributed by atoms with E-state index in [-0.39, 0.29) is 11.4 Å². The van der Waals surface area contributed by atoms with Crippen molar-refractivity contribution < 1.29 is 9.59 Å². The number of hydrogen-bond donors (Lipinski definition) is 1. The summed E-state index contributed by atoms with van der Waals surface area (Å²) >= 11 is 0. The lowest BCUT2D eigenvalue weighted by molar-refractivity contribution is -0.116. The molecule has 1 saturated carbocycles. The molecule has 1 N–H and O–H groups in total. The van der Waals surface area contributed by atoms with Crippen molar-refractivity contribution in [2.24, 2.45) is 4.99 Å². The minimum atomic E-state index is -0.390. The van der Waals surface area contributed by atoms with Gasteiger partial charge in [-0.1, -0.05) is 12.1 Å². The summed E-state index contributed by atoms with van der Waals surface area (Å²) in [6, 6.07) is 6.02. The number of benzene rings is 1. The van der Waals surface area contributed by atoms with Crippen LogP contribution < -0.4 is 5.32 Å². The van der Waals surface area contributed by atoms with Crippen LogP contribution in [0.5, 0.6) is 0 Å². The maximum atomic E-state index is 11.4. The molecular weight excluding hydrogens is 228 g/mol. The van der Waals surface area contributed by atoms with Crippen molar-refractivity contribution >= 4 is 17.7 Å². The highest BCUT2D eigenvalue weighted by molar-refractivity contribution is 5.94. The molecule has 0 radical (unpaired) electrons. The number of rotatable bonds is 2. The van der Waals surface area contributed by atoms with Gasteiger partial charge in [-0.05, 0) is 42.9 Å². The first kappa shape index (κ1) is 11.2. The van der Waals surface area contributed by atoms with Crippen LogP contribution in [0.15, 0.2) is 23.2 Å². The van der Waals surface area contributed by atoms with Gasteiger partial charge in [-0.2, -0.15) is 4.99 Å². The number of carbonyl (C=O) groups is 1. The highest BCUT2D eigenvalue weighted by atomic mass is 16.1. The quantitative estimate of drug-likeness (QED) is 0.639. The number of nitrogens with zero attached hydrogens (tertiary/aromatic N) is 1. The van der Waals surface area contributed by atoms with E-state index in [2.05, 4.69) is 10.3 Å². The third kappa shape index (κ3) is 1.66. The molecule has 0 saturated heterocycles. The molecule has 0 atom stereocenters. The number of carbonyl (C=O) groups excluding carboxylic acids is 2. The lowest BCUT2D eigenvalue weighted by Gasteiger charge is -2.37. The Kier molecular flexibility index (Phi) is 2.53. The first-order valence-corrected chi connectivity index (χ1v) is 6.26. The molecule has 4 heteroatoms. The smallest absolute Gasteiger partial charge is 0.235 e. The summed E-state index contributed by atoms with van der Waals surface area (Å²) in [6.45, 7) is 0. The third-order valence-electron chi connectivity index (χ3n) is 3.98. The molecule has 18 heavy (non-hydrogen) atoms. The number of aliphatic imine (C=N–C) groups is 1. The average Bonchev–Trinajstić information content (AvgIpc) is 2.33. The van der Waals surface area contributed by atoms with Crippen molar-refractivity contribution in [2.75, 3.05) is 5.32 Å². The van der Waals surface area contributed by atoms with E-state index in [0.29, 0.717) is 6.42 Å². The lowest BCUT2D eigenvalue weighted by Crippen LogP contribution is -2.32. The van der Waals surface area contributed by atoms with Crippen LogP contribution in [-0.2, 0) is 21.5 Å². The van der Waals surface area contributed by atoms with Gasteiger partial charge >= 0.3 is 0 Å². The van der Waals surface area contributed by atoms with Crippen molar-refractivity contribution in [3.63, 3.8) is 0 Å². The number of fused-ring (bicyclic) bond motifs is 1. The Balaban J connectivity index is 2.01. The summed E-state index contributed by atoms with van der Waals surface area (Å²) in [4.78, 5) is 25.9. The van der Waals surface area contributed by atoms with Crippen LogP contribution in [0.4, 0.5) is 5.69 Å². The van der Waals surface area contributed by atoms with Crippen LogP contribution in [0.3, 0.4) is 0 Å². The van der Waals surface area contributed by atoms with Gasteiger partial charge in [0, 0.05) is 12.1 Å². The molecule has 0 spiro atoms. The van der Waals surface area contributed by atoms with Crippen molar-refractivity contribution in [1.29, 1.82) is 0 Å². The number of aryl methyl sites for hydroxylation is 1. The van der Waals surface area contributed by atoms with Gasteiger partial charge in [0.2, 0.25) is 12.0 Å². The number of nitrogens with one attached hydrogen (secondary N) is 1. The Hall–Kier alpha value is -1.93. The number of anilines is 1. The first-order chi connectivity index (χ1) is 8.73. The van der Waals surface area contributed by atoms with Gasteiger partial charge in [-0.25, -0.2) is 4.79 Å². The molecule has 92 valence electrons. The molecule has 1 heterocycles. The fraction of sp³-hybridized carbons (Fsp3) is 0.429. The second-order valence-corrected chi connectivity index (χ2v) is 5.01. The van der Waals surface area contributed by atoms with Gasteiger partial charge in [-0.3, -0.25) is 4.79 Å². The topological polar surface area (TPSA) is 58.5 Å².